The van der Waals surface area contributed by atoms with Crippen LogP contribution in [0.4, 0.5) is 0 Å². The molecule has 1 aliphatic rings. The molecule has 0 bridgehead atoms. The van der Waals surface area contributed by atoms with E-state index in [1.807, 2.05) is 0 Å². The number of ether oxygens (including phenoxy) is 1. The molecule has 19 heavy (non-hydrogen) atoms. The van der Waals surface area contributed by atoms with E-state index in [4.69, 9.17) is 4.74 Å². The van der Waals surface area contributed by atoms with E-state index < -0.39 is 0 Å². The second-order valence-electron chi connectivity index (χ2n) is 5.45. The molecule has 0 spiro atoms. The second kappa shape index (κ2) is 8.94. The highest BCUT2D eigenvalue weighted by Crippen LogP contribution is 2.23. The summed E-state index contributed by atoms with van der Waals surface area (Å²) in [5.41, 5.74) is 0. The first kappa shape index (κ1) is 16.0. The quantitative estimate of drug-likeness (QED) is 0.571. The molecule has 1 N–H and O–H groups in total. The van der Waals surface area contributed by atoms with Crippen LogP contribution in [-0.2, 0) is 14.3 Å². The SMILES string of the molecule is CCOC(=O)CCCCC(=O)NC1CCCCC1C. The highest BCUT2D eigenvalue weighted by Gasteiger charge is 2.22. The summed E-state index contributed by atoms with van der Waals surface area (Å²) in [7, 11) is 0. The zero-order valence-corrected chi connectivity index (χ0v) is 12.2. The van der Waals surface area contributed by atoms with Crippen LogP contribution in [0.3, 0.4) is 0 Å². The van der Waals surface area contributed by atoms with Gasteiger partial charge in [0.1, 0.15) is 0 Å². The van der Waals surface area contributed by atoms with E-state index in [0.717, 1.165) is 19.3 Å². The average Bonchev–Trinajstić information content (AvgIpc) is 2.38. The van der Waals surface area contributed by atoms with Crippen LogP contribution in [-0.4, -0.2) is 24.5 Å². The van der Waals surface area contributed by atoms with Gasteiger partial charge >= 0.3 is 5.97 Å². The number of carbonyl (C=O) groups excluding carboxylic acids is 2. The number of rotatable bonds is 7. The van der Waals surface area contributed by atoms with E-state index in [1.54, 1.807) is 6.92 Å². The predicted molar refractivity (Wildman–Crippen MR) is 74.7 cm³/mol. The third kappa shape index (κ3) is 6.60. The van der Waals surface area contributed by atoms with Gasteiger partial charge in [-0.15, -0.1) is 0 Å². The van der Waals surface area contributed by atoms with Gasteiger partial charge in [-0.25, -0.2) is 0 Å². The minimum Gasteiger partial charge on any atom is -0.466 e. The molecule has 0 radical (unpaired) electrons. The summed E-state index contributed by atoms with van der Waals surface area (Å²) in [5.74, 6) is 0.559. The molecule has 0 saturated heterocycles. The fraction of sp³-hybridized carbons (Fsp3) is 0.867. The van der Waals surface area contributed by atoms with Crippen molar-refractivity contribution in [3.63, 3.8) is 0 Å². The lowest BCUT2D eigenvalue weighted by molar-refractivity contribution is -0.143. The van der Waals surface area contributed by atoms with Crippen molar-refractivity contribution in [1.29, 1.82) is 0 Å². The number of esters is 1. The Morgan fingerprint density at radius 2 is 1.84 bits per heavy atom. The summed E-state index contributed by atoms with van der Waals surface area (Å²) < 4.78 is 4.85. The Labute approximate surface area is 116 Å². The molecule has 2 unspecified atom stereocenters. The lowest BCUT2D eigenvalue weighted by atomic mass is 9.86. The first-order chi connectivity index (χ1) is 9.13. The molecule has 1 saturated carbocycles. The van der Waals surface area contributed by atoms with Gasteiger partial charge in [-0.2, -0.15) is 0 Å². The van der Waals surface area contributed by atoms with Gasteiger partial charge in [-0.3, -0.25) is 9.59 Å². The van der Waals surface area contributed by atoms with Gasteiger partial charge in [-0.1, -0.05) is 19.8 Å². The maximum atomic E-state index is 11.8. The minimum absolute atomic E-state index is 0.127. The van der Waals surface area contributed by atoms with Crippen molar-refractivity contribution in [3.8, 4) is 0 Å². The predicted octanol–water partition coefficient (Wildman–Crippen LogP) is 2.80. The van der Waals surface area contributed by atoms with Crippen molar-refractivity contribution in [2.75, 3.05) is 6.61 Å². The van der Waals surface area contributed by atoms with Gasteiger partial charge < -0.3 is 10.1 Å². The van der Waals surface area contributed by atoms with Crippen LogP contribution in [0.15, 0.2) is 0 Å². The lowest BCUT2D eigenvalue weighted by Gasteiger charge is -2.29. The standard InChI is InChI=1S/C15H27NO3/c1-3-19-15(18)11-7-6-10-14(17)16-13-9-5-4-8-12(13)2/h12-13H,3-11H2,1-2H3,(H,16,17). The van der Waals surface area contributed by atoms with Gasteiger partial charge in [0.05, 0.1) is 6.61 Å². The number of amides is 1. The van der Waals surface area contributed by atoms with Crippen LogP contribution in [0.1, 0.15) is 65.2 Å². The fourth-order valence-electron chi connectivity index (χ4n) is 2.60. The molecule has 1 aliphatic carbocycles. The maximum absolute atomic E-state index is 11.8. The van der Waals surface area contributed by atoms with Gasteiger partial charge in [0.25, 0.3) is 0 Å². The van der Waals surface area contributed by atoms with E-state index in [2.05, 4.69) is 12.2 Å². The monoisotopic (exact) mass is 269 g/mol. The van der Waals surface area contributed by atoms with Crippen molar-refractivity contribution in [2.24, 2.45) is 5.92 Å². The van der Waals surface area contributed by atoms with Crippen molar-refractivity contribution in [3.05, 3.63) is 0 Å². The summed E-state index contributed by atoms with van der Waals surface area (Å²) in [6.45, 7) is 4.44. The first-order valence-electron chi connectivity index (χ1n) is 7.58. The highest BCUT2D eigenvalue weighted by atomic mass is 16.5. The Hall–Kier alpha value is -1.06. The smallest absolute Gasteiger partial charge is 0.305 e. The molecule has 0 aromatic heterocycles. The Balaban J connectivity index is 2.09. The molecule has 1 rings (SSSR count). The number of carbonyl (C=O) groups is 2. The minimum atomic E-state index is -0.163. The van der Waals surface area contributed by atoms with E-state index >= 15 is 0 Å². The maximum Gasteiger partial charge on any atom is 0.305 e. The molecule has 0 aliphatic heterocycles. The molecule has 110 valence electrons. The fourth-order valence-corrected chi connectivity index (χ4v) is 2.60. The normalized spacial score (nSPS) is 22.8. The van der Waals surface area contributed by atoms with Gasteiger partial charge in [0, 0.05) is 18.9 Å². The molecule has 0 aromatic carbocycles. The summed E-state index contributed by atoms with van der Waals surface area (Å²) in [4.78, 5) is 22.9. The Morgan fingerprint density at radius 3 is 2.53 bits per heavy atom. The molecular formula is C15H27NO3. The largest absolute Gasteiger partial charge is 0.466 e. The Kier molecular flexibility index (Phi) is 7.53. The average molecular weight is 269 g/mol. The van der Waals surface area contributed by atoms with Crippen molar-refractivity contribution in [2.45, 2.75) is 71.3 Å². The van der Waals surface area contributed by atoms with E-state index in [0.29, 0.717) is 31.4 Å². The third-order valence-corrected chi connectivity index (χ3v) is 3.80. The number of hydrogen-bond donors (Lipinski definition) is 1. The van der Waals surface area contributed by atoms with Crippen LogP contribution >= 0.6 is 0 Å². The first-order valence-corrected chi connectivity index (χ1v) is 7.58. The number of hydrogen-bond acceptors (Lipinski definition) is 3. The zero-order chi connectivity index (χ0) is 14.1. The number of nitrogens with one attached hydrogen (secondary N) is 1. The Morgan fingerprint density at radius 1 is 1.16 bits per heavy atom. The van der Waals surface area contributed by atoms with E-state index in [1.165, 1.54) is 19.3 Å². The van der Waals surface area contributed by atoms with Gasteiger partial charge in [0.15, 0.2) is 0 Å². The topological polar surface area (TPSA) is 55.4 Å². The third-order valence-electron chi connectivity index (χ3n) is 3.80. The molecule has 2 atom stereocenters. The number of unbranched alkanes of at least 4 members (excludes halogenated alkanes) is 1. The summed E-state index contributed by atoms with van der Waals surface area (Å²) >= 11 is 0. The van der Waals surface area contributed by atoms with Crippen LogP contribution in [0.25, 0.3) is 0 Å². The van der Waals surface area contributed by atoms with Crippen LogP contribution in [0.2, 0.25) is 0 Å². The van der Waals surface area contributed by atoms with Crippen LogP contribution in [0, 0.1) is 5.92 Å². The molecule has 4 heteroatoms. The molecule has 1 fully saturated rings. The van der Waals surface area contributed by atoms with Crippen LogP contribution < -0.4 is 5.32 Å². The molecule has 0 aromatic rings. The van der Waals surface area contributed by atoms with Crippen LogP contribution in [0.5, 0.6) is 0 Å². The summed E-state index contributed by atoms with van der Waals surface area (Å²) in [6.07, 6.45) is 7.25. The molecule has 4 nitrogen and oxygen atoms in total. The highest BCUT2D eigenvalue weighted by molar-refractivity contribution is 5.76. The van der Waals surface area contributed by atoms with E-state index in [-0.39, 0.29) is 11.9 Å². The van der Waals surface area contributed by atoms with Gasteiger partial charge in [0.2, 0.25) is 5.91 Å². The lowest BCUT2D eigenvalue weighted by Crippen LogP contribution is -2.40. The summed E-state index contributed by atoms with van der Waals surface area (Å²) in [6, 6.07) is 0.353. The zero-order valence-electron chi connectivity index (χ0n) is 12.2. The van der Waals surface area contributed by atoms with Crippen molar-refractivity contribution >= 4 is 11.9 Å². The molecule has 1 amide bonds. The van der Waals surface area contributed by atoms with Crippen molar-refractivity contribution in [1.82, 2.24) is 5.32 Å². The van der Waals surface area contributed by atoms with E-state index in [9.17, 15) is 9.59 Å². The van der Waals surface area contributed by atoms with Crippen molar-refractivity contribution < 1.29 is 14.3 Å². The molecule has 0 heterocycles. The molecular weight excluding hydrogens is 242 g/mol. The second-order valence-corrected chi connectivity index (χ2v) is 5.45. The Bertz CT molecular complexity index is 291. The van der Waals surface area contributed by atoms with Gasteiger partial charge in [-0.05, 0) is 38.5 Å². The summed E-state index contributed by atoms with van der Waals surface area (Å²) in [5, 5.41) is 3.13.